The van der Waals surface area contributed by atoms with Crippen LogP contribution in [0.1, 0.15) is 27.8 Å². The zero-order valence-corrected chi connectivity index (χ0v) is 21.9. The van der Waals surface area contributed by atoms with Gasteiger partial charge in [-0.15, -0.1) is 0 Å². The van der Waals surface area contributed by atoms with Crippen LogP contribution in [0, 0.1) is 13.8 Å². The van der Waals surface area contributed by atoms with Gasteiger partial charge in [0.15, 0.2) is 0 Å². The number of para-hydroxylation sites is 1. The van der Waals surface area contributed by atoms with Crippen molar-refractivity contribution in [3.63, 3.8) is 0 Å². The minimum Gasteiger partial charge on any atom is -0.289 e. The van der Waals surface area contributed by atoms with Crippen molar-refractivity contribution in [2.45, 2.75) is 13.8 Å². The summed E-state index contributed by atoms with van der Waals surface area (Å²) < 4.78 is 17.9. The molecule has 1 atom stereocenters. The summed E-state index contributed by atoms with van der Waals surface area (Å²) in [6.07, 6.45) is 0. The normalized spacial score (nSPS) is 17.0. The van der Waals surface area contributed by atoms with E-state index >= 15 is 4.57 Å². The molecular weight excluding hydrogens is 469 g/mol. The fourth-order valence-corrected chi connectivity index (χ4v) is 8.22. The summed E-state index contributed by atoms with van der Waals surface area (Å²) in [5.74, 6) is 0. The number of anilines is 1. The molecule has 1 aliphatic rings. The summed E-state index contributed by atoms with van der Waals surface area (Å²) in [4.78, 5) is 0. The molecule has 0 N–H and O–H groups in total. The Morgan fingerprint density at radius 3 is 1.68 bits per heavy atom. The zero-order chi connectivity index (χ0) is 25.4. The molecule has 180 valence electrons. The van der Waals surface area contributed by atoms with E-state index in [4.69, 9.17) is 0 Å². The second-order valence-electron chi connectivity index (χ2n) is 9.53. The average molecular weight is 498 g/mol. The van der Waals surface area contributed by atoms with Crippen molar-refractivity contribution in [1.82, 2.24) is 0 Å². The topological polar surface area (TPSA) is 20.3 Å². The highest BCUT2D eigenvalue weighted by molar-refractivity contribution is 7.80. The lowest BCUT2D eigenvalue weighted by Crippen LogP contribution is -2.37. The van der Waals surface area contributed by atoms with E-state index in [1.807, 2.05) is 66.7 Å². The molecule has 0 radical (unpaired) electrons. The van der Waals surface area contributed by atoms with Crippen molar-refractivity contribution in [3.8, 4) is 0 Å². The van der Waals surface area contributed by atoms with Crippen LogP contribution in [0.15, 0.2) is 133 Å². The largest absolute Gasteiger partial charge is 0.289 e. The van der Waals surface area contributed by atoms with Crippen molar-refractivity contribution in [3.05, 3.63) is 161 Å². The molecular formula is C34H28NOP. The predicted molar refractivity (Wildman–Crippen MR) is 157 cm³/mol. The minimum absolute atomic E-state index is 0.818. The Morgan fingerprint density at radius 2 is 1.05 bits per heavy atom. The Labute approximate surface area is 219 Å². The van der Waals surface area contributed by atoms with Gasteiger partial charge in [-0.05, 0) is 60.9 Å². The maximum absolute atomic E-state index is 15.8. The number of rotatable bonds is 4. The van der Waals surface area contributed by atoms with E-state index in [-0.39, 0.29) is 0 Å². The molecule has 5 aromatic rings. The number of benzene rings is 5. The number of nitrogens with zero attached hydrogens (tertiary/aromatic N) is 1. The minimum atomic E-state index is -3.31. The summed E-state index contributed by atoms with van der Waals surface area (Å²) in [6, 6.07) is 45.5. The van der Waals surface area contributed by atoms with E-state index in [0.717, 1.165) is 44.3 Å². The van der Waals surface area contributed by atoms with Gasteiger partial charge in [-0.1, -0.05) is 114 Å². The van der Waals surface area contributed by atoms with Gasteiger partial charge in [-0.3, -0.25) is 9.24 Å². The summed E-state index contributed by atoms with van der Waals surface area (Å²) >= 11 is 0. The monoisotopic (exact) mass is 497 g/mol. The fraction of sp³-hybridized carbons (Fsp3) is 0.0588. The van der Waals surface area contributed by atoms with Crippen LogP contribution in [0.25, 0.3) is 11.3 Å². The summed E-state index contributed by atoms with van der Waals surface area (Å²) in [5.41, 5.74) is 8.51. The molecule has 1 heterocycles. The first kappa shape index (κ1) is 23.3. The third kappa shape index (κ3) is 3.95. The number of hydrogen-bond acceptors (Lipinski definition) is 1. The number of aryl methyl sites for hydroxylation is 2. The molecule has 5 aromatic carbocycles. The van der Waals surface area contributed by atoms with E-state index < -0.39 is 7.29 Å². The highest BCUT2D eigenvalue weighted by Crippen LogP contribution is 2.60. The molecule has 3 heteroatoms. The Kier molecular flexibility index (Phi) is 5.91. The predicted octanol–water partition coefficient (Wildman–Crippen LogP) is 7.97. The highest BCUT2D eigenvalue weighted by atomic mass is 31.2. The van der Waals surface area contributed by atoms with Crippen molar-refractivity contribution >= 4 is 34.9 Å². The Morgan fingerprint density at radius 1 is 0.541 bits per heavy atom. The molecule has 0 saturated carbocycles. The van der Waals surface area contributed by atoms with E-state index in [1.165, 1.54) is 11.1 Å². The van der Waals surface area contributed by atoms with Gasteiger partial charge in [0, 0.05) is 21.9 Å². The van der Waals surface area contributed by atoms with Crippen molar-refractivity contribution in [2.75, 3.05) is 4.67 Å². The quantitative estimate of drug-likeness (QED) is 0.235. The van der Waals surface area contributed by atoms with Crippen LogP contribution in [-0.2, 0) is 4.57 Å². The molecule has 6 rings (SSSR count). The van der Waals surface area contributed by atoms with Crippen LogP contribution in [-0.4, -0.2) is 0 Å². The standard InChI is InChI=1S/C34H28NOP/c1-25-17-21-27(22-18-25)33-31-15-9-10-16-32(31)37(36,30-13-7-4-8-14-30)35(29-11-5-3-6-12-29)34(33)28-23-19-26(2)20-24-28/h3-24H,1-2H3. The van der Waals surface area contributed by atoms with Crippen LogP contribution in [0.5, 0.6) is 0 Å². The van der Waals surface area contributed by atoms with Crippen LogP contribution in [0.4, 0.5) is 5.69 Å². The Bertz CT molecular complexity index is 1640. The van der Waals surface area contributed by atoms with E-state index in [1.54, 1.807) is 0 Å². The first-order valence-corrected chi connectivity index (χ1v) is 14.2. The average Bonchev–Trinajstić information content (AvgIpc) is 2.95. The smallest absolute Gasteiger partial charge is 0.234 e. The molecule has 1 unspecified atom stereocenters. The summed E-state index contributed by atoms with van der Waals surface area (Å²) in [6.45, 7) is 4.20. The third-order valence-corrected chi connectivity index (χ3v) is 10.0. The SMILES string of the molecule is Cc1ccc(C2=C(c3ccc(C)cc3)N(c3ccccc3)P(=O)(c3ccccc3)c3ccccc32)cc1. The number of fused-ring (bicyclic) bond motifs is 1. The van der Waals surface area contributed by atoms with Gasteiger partial charge in [-0.25, -0.2) is 0 Å². The second-order valence-corrected chi connectivity index (χ2v) is 12.1. The van der Waals surface area contributed by atoms with E-state index in [0.29, 0.717) is 0 Å². The van der Waals surface area contributed by atoms with Crippen LogP contribution >= 0.6 is 7.29 Å². The maximum atomic E-state index is 15.8. The molecule has 1 aliphatic heterocycles. The molecule has 2 nitrogen and oxygen atoms in total. The van der Waals surface area contributed by atoms with Gasteiger partial charge in [0.05, 0.1) is 5.70 Å². The lowest BCUT2D eigenvalue weighted by molar-refractivity contribution is 0.587. The van der Waals surface area contributed by atoms with Gasteiger partial charge >= 0.3 is 0 Å². The van der Waals surface area contributed by atoms with Gasteiger partial charge < -0.3 is 0 Å². The van der Waals surface area contributed by atoms with Crippen molar-refractivity contribution < 1.29 is 4.57 Å². The maximum Gasteiger partial charge on any atom is 0.234 e. The first-order chi connectivity index (χ1) is 18.1. The van der Waals surface area contributed by atoms with Crippen LogP contribution in [0.3, 0.4) is 0 Å². The molecule has 37 heavy (non-hydrogen) atoms. The number of hydrogen-bond donors (Lipinski definition) is 0. The molecule has 0 bridgehead atoms. The van der Waals surface area contributed by atoms with Crippen LogP contribution in [0.2, 0.25) is 0 Å². The second kappa shape index (κ2) is 9.39. The molecule has 0 amide bonds. The molecule has 0 spiro atoms. The highest BCUT2D eigenvalue weighted by Gasteiger charge is 2.44. The van der Waals surface area contributed by atoms with Crippen molar-refractivity contribution in [2.24, 2.45) is 0 Å². The first-order valence-electron chi connectivity index (χ1n) is 12.6. The van der Waals surface area contributed by atoms with Gasteiger partial charge in [0.1, 0.15) is 0 Å². The van der Waals surface area contributed by atoms with Gasteiger partial charge in [0.25, 0.3) is 0 Å². The molecule has 0 aromatic heterocycles. The van der Waals surface area contributed by atoms with Crippen LogP contribution < -0.4 is 15.3 Å². The zero-order valence-electron chi connectivity index (χ0n) is 21.0. The third-order valence-electron chi connectivity index (χ3n) is 7.00. The Balaban J connectivity index is 1.80. The summed E-state index contributed by atoms with van der Waals surface area (Å²) in [7, 11) is -3.31. The molecule has 0 fully saturated rings. The fourth-order valence-electron chi connectivity index (χ4n) is 5.17. The van der Waals surface area contributed by atoms with Gasteiger partial charge in [-0.2, -0.15) is 0 Å². The Hall–Kier alpha value is -4.13. The molecule has 0 saturated heterocycles. The van der Waals surface area contributed by atoms with Crippen molar-refractivity contribution in [1.29, 1.82) is 0 Å². The lowest BCUT2D eigenvalue weighted by Gasteiger charge is -2.42. The molecule has 0 aliphatic carbocycles. The lowest BCUT2D eigenvalue weighted by atomic mass is 9.91. The van der Waals surface area contributed by atoms with Gasteiger partial charge in [0.2, 0.25) is 7.29 Å². The summed E-state index contributed by atoms with van der Waals surface area (Å²) in [5, 5.41) is 1.68. The van der Waals surface area contributed by atoms with E-state index in [9.17, 15) is 0 Å². The van der Waals surface area contributed by atoms with E-state index in [2.05, 4.69) is 85.2 Å².